The first-order valence-corrected chi connectivity index (χ1v) is 8.02. The van der Waals surface area contributed by atoms with Gasteiger partial charge in [0.25, 0.3) is 5.69 Å². The van der Waals surface area contributed by atoms with Crippen molar-refractivity contribution in [2.24, 2.45) is 0 Å². The summed E-state index contributed by atoms with van der Waals surface area (Å²) in [5, 5.41) is 20.8. The molecule has 136 valence electrons. The molecule has 0 saturated carbocycles. The molecule has 1 N–H and O–H groups in total. The zero-order valence-electron chi connectivity index (χ0n) is 14.5. The summed E-state index contributed by atoms with van der Waals surface area (Å²) in [6, 6.07) is 5.83. The fraction of sp³-hybridized carbons (Fsp3) is 0.529. The zero-order chi connectivity index (χ0) is 18.8. The maximum absolute atomic E-state index is 12.5. The van der Waals surface area contributed by atoms with E-state index in [1.807, 2.05) is 0 Å². The number of carbonyl (C=O) groups excluding carboxylic acids is 1. The highest BCUT2D eigenvalue weighted by Crippen LogP contribution is 2.35. The Hall–Kier alpha value is -2.64. The number of carbonyl (C=O) groups is 2. The number of ether oxygens (including phenoxy) is 1. The van der Waals surface area contributed by atoms with Crippen LogP contribution in [0.3, 0.4) is 0 Å². The second kappa shape index (κ2) is 6.70. The summed E-state index contributed by atoms with van der Waals surface area (Å²) in [6.07, 6.45) is 0.103. The molecule has 1 fully saturated rings. The van der Waals surface area contributed by atoms with Gasteiger partial charge < -0.3 is 9.84 Å². The fourth-order valence-electron chi connectivity index (χ4n) is 3.06. The largest absolute Gasteiger partial charge is 0.479 e. The molecule has 0 bridgehead atoms. The third-order valence-electron chi connectivity index (χ3n) is 4.12. The Labute approximate surface area is 145 Å². The summed E-state index contributed by atoms with van der Waals surface area (Å²) in [4.78, 5) is 36.2. The van der Waals surface area contributed by atoms with Crippen molar-refractivity contribution in [2.75, 3.05) is 6.54 Å². The molecule has 2 rings (SSSR count). The number of nitro benzene ring substituents is 1. The van der Waals surface area contributed by atoms with E-state index in [4.69, 9.17) is 4.74 Å². The molecule has 1 amide bonds. The average Bonchev–Trinajstić information content (AvgIpc) is 2.91. The smallest absolute Gasteiger partial charge is 0.411 e. The number of nitro groups is 1. The number of carboxylic acids is 1. The molecule has 25 heavy (non-hydrogen) atoms. The number of hydrogen-bond donors (Lipinski definition) is 1. The van der Waals surface area contributed by atoms with Gasteiger partial charge in [-0.3, -0.25) is 15.0 Å². The van der Waals surface area contributed by atoms with Crippen LogP contribution in [-0.4, -0.2) is 44.7 Å². The highest BCUT2D eigenvalue weighted by molar-refractivity contribution is 5.85. The van der Waals surface area contributed by atoms with E-state index in [9.17, 15) is 24.8 Å². The molecule has 1 aromatic carbocycles. The van der Waals surface area contributed by atoms with Crippen LogP contribution in [0.25, 0.3) is 0 Å². The molecule has 8 nitrogen and oxygen atoms in total. The van der Waals surface area contributed by atoms with Gasteiger partial charge in [0, 0.05) is 25.1 Å². The minimum absolute atomic E-state index is 0.0107. The van der Waals surface area contributed by atoms with Crippen LogP contribution in [0.4, 0.5) is 10.5 Å². The van der Waals surface area contributed by atoms with Crippen molar-refractivity contribution in [3.05, 3.63) is 39.9 Å². The monoisotopic (exact) mass is 350 g/mol. The van der Waals surface area contributed by atoms with E-state index in [2.05, 4.69) is 0 Å². The van der Waals surface area contributed by atoms with E-state index < -0.39 is 28.1 Å². The van der Waals surface area contributed by atoms with E-state index in [0.29, 0.717) is 12.0 Å². The van der Waals surface area contributed by atoms with Crippen LogP contribution in [0, 0.1) is 10.1 Å². The maximum Gasteiger partial charge on any atom is 0.411 e. The molecule has 1 aliphatic heterocycles. The van der Waals surface area contributed by atoms with Gasteiger partial charge in [0.1, 0.15) is 11.1 Å². The molecule has 1 atom stereocenters. The van der Waals surface area contributed by atoms with Crippen molar-refractivity contribution in [2.45, 2.75) is 51.2 Å². The predicted octanol–water partition coefficient (Wildman–Crippen LogP) is 2.99. The van der Waals surface area contributed by atoms with Gasteiger partial charge in [0.05, 0.1) is 4.92 Å². The molecular formula is C17H22N2O6. The maximum atomic E-state index is 12.5. The number of rotatable bonds is 4. The molecule has 0 aromatic heterocycles. The average molecular weight is 350 g/mol. The Morgan fingerprint density at radius 2 is 2.08 bits per heavy atom. The van der Waals surface area contributed by atoms with Crippen LogP contribution < -0.4 is 0 Å². The molecule has 0 aliphatic carbocycles. The van der Waals surface area contributed by atoms with Gasteiger partial charge in [-0.25, -0.2) is 9.59 Å². The number of benzene rings is 1. The first-order chi connectivity index (χ1) is 11.5. The van der Waals surface area contributed by atoms with Crippen molar-refractivity contribution in [3.8, 4) is 0 Å². The molecule has 1 saturated heterocycles. The number of nitrogens with zero attached hydrogens (tertiary/aromatic N) is 2. The SMILES string of the molecule is CC(C)(C)OC(=O)N1CCC[C@@]1(Cc1cccc([N+](=O)[O-])c1)C(=O)O. The third-order valence-corrected chi connectivity index (χ3v) is 4.12. The minimum atomic E-state index is -1.46. The normalized spacial score (nSPS) is 20.4. The number of likely N-dealkylation sites (tertiary alicyclic amines) is 1. The van der Waals surface area contributed by atoms with Crippen molar-refractivity contribution in [1.82, 2.24) is 4.90 Å². The summed E-state index contributed by atoms with van der Waals surface area (Å²) >= 11 is 0. The quantitative estimate of drug-likeness (QED) is 0.660. The van der Waals surface area contributed by atoms with Crippen LogP contribution in [0.1, 0.15) is 39.2 Å². The summed E-state index contributed by atoms with van der Waals surface area (Å²) in [5.41, 5.74) is -1.82. The third kappa shape index (κ3) is 4.07. The van der Waals surface area contributed by atoms with Crippen LogP contribution in [0.2, 0.25) is 0 Å². The minimum Gasteiger partial charge on any atom is -0.479 e. The molecular weight excluding hydrogens is 328 g/mol. The van der Waals surface area contributed by atoms with Crippen molar-refractivity contribution >= 4 is 17.7 Å². The van der Waals surface area contributed by atoms with Gasteiger partial charge in [0.2, 0.25) is 0 Å². The molecule has 0 radical (unpaired) electrons. The standard InChI is InChI=1S/C17H22N2O6/c1-16(2,3)25-15(22)18-9-5-8-17(18,14(20)21)11-12-6-4-7-13(10-12)19(23)24/h4,6-7,10H,5,8-9,11H2,1-3H3,(H,20,21)/t17-/m1/s1. The van der Waals surface area contributed by atoms with Crippen LogP contribution in [-0.2, 0) is 16.0 Å². The van der Waals surface area contributed by atoms with Crippen LogP contribution >= 0.6 is 0 Å². The lowest BCUT2D eigenvalue weighted by Crippen LogP contribution is -2.55. The summed E-state index contributed by atoms with van der Waals surface area (Å²) < 4.78 is 5.34. The second-order valence-corrected chi connectivity index (χ2v) is 7.18. The number of amides is 1. The zero-order valence-corrected chi connectivity index (χ0v) is 14.5. The molecule has 1 heterocycles. The number of carboxylic acid groups (broad SMARTS) is 1. The molecule has 0 unspecified atom stereocenters. The first kappa shape index (κ1) is 18.7. The highest BCUT2D eigenvalue weighted by atomic mass is 16.6. The lowest BCUT2D eigenvalue weighted by atomic mass is 9.88. The van der Waals surface area contributed by atoms with E-state index in [0.717, 1.165) is 0 Å². The fourth-order valence-corrected chi connectivity index (χ4v) is 3.06. The molecule has 0 spiro atoms. The van der Waals surface area contributed by atoms with Gasteiger partial charge in [-0.1, -0.05) is 12.1 Å². The highest BCUT2D eigenvalue weighted by Gasteiger charge is 2.51. The van der Waals surface area contributed by atoms with Gasteiger partial charge in [-0.15, -0.1) is 0 Å². The van der Waals surface area contributed by atoms with Crippen LogP contribution in [0.15, 0.2) is 24.3 Å². The van der Waals surface area contributed by atoms with E-state index in [1.165, 1.54) is 23.1 Å². The van der Waals surface area contributed by atoms with E-state index in [-0.39, 0.29) is 25.1 Å². The Morgan fingerprint density at radius 1 is 1.40 bits per heavy atom. The van der Waals surface area contributed by atoms with Crippen LogP contribution in [0.5, 0.6) is 0 Å². The lowest BCUT2D eigenvalue weighted by molar-refractivity contribution is -0.384. The Kier molecular flexibility index (Phi) is 5.01. The van der Waals surface area contributed by atoms with E-state index in [1.54, 1.807) is 26.8 Å². The summed E-state index contributed by atoms with van der Waals surface area (Å²) in [6.45, 7) is 5.41. The van der Waals surface area contributed by atoms with E-state index >= 15 is 0 Å². The molecule has 8 heteroatoms. The van der Waals surface area contributed by atoms with Crippen molar-refractivity contribution < 1.29 is 24.4 Å². The van der Waals surface area contributed by atoms with Crippen molar-refractivity contribution in [1.29, 1.82) is 0 Å². The molecule has 1 aliphatic rings. The predicted molar refractivity (Wildman–Crippen MR) is 89.3 cm³/mol. The Balaban J connectivity index is 2.34. The van der Waals surface area contributed by atoms with Gasteiger partial charge in [-0.2, -0.15) is 0 Å². The summed E-state index contributed by atoms with van der Waals surface area (Å²) in [5.74, 6) is -1.14. The molecule has 1 aromatic rings. The second-order valence-electron chi connectivity index (χ2n) is 7.18. The number of non-ortho nitro benzene ring substituents is 1. The number of hydrogen-bond acceptors (Lipinski definition) is 5. The number of aliphatic carboxylic acids is 1. The Bertz CT molecular complexity index is 697. The van der Waals surface area contributed by atoms with Gasteiger partial charge in [0.15, 0.2) is 0 Å². The van der Waals surface area contributed by atoms with Gasteiger partial charge >= 0.3 is 12.1 Å². The first-order valence-electron chi connectivity index (χ1n) is 8.02. The Morgan fingerprint density at radius 3 is 2.64 bits per heavy atom. The summed E-state index contributed by atoms with van der Waals surface area (Å²) in [7, 11) is 0. The lowest BCUT2D eigenvalue weighted by Gasteiger charge is -2.36. The topological polar surface area (TPSA) is 110 Å². The van der Waals surface area contributed by atoms with Gasteiger partial charge in [-0.05, 0) is 39.2 Å². The van der Waals surface area contributed by atoms with Crippen molar-refractivity contribution in [3.63, 3.8) is 0 Å².